The first-order chi connectivity index (χ1) is 8.61. The average Bonchev–Trinajstić information content (AvgIpc) is 2.84. The van der Waals surface area contributed by atoms with Crippen molar-refractivity contribution in [3.05, 3.63) is 0 Å². The van der Waals surface area contributed by atoms with Crippen molar-refractivity contribution in [1.29, 1.82) is 0 Å². The van der Waals surface area contributed by atoms with Gasteiger partial charge < -0.3 is 15.0 Å². The minimum absolute atomic E-state index is 0.0239. The Bertz CT molecular complexity index is 361. The van der Waals surface area contributed by atoms with Crippen molar-refractivity contribution in [3.63, 3.8) is 0 Å². The van der Waals surface area contributed by atoms with E-state index in [4.69, 9.17) is 4.74 Å². The summed E-state index contributed by atoms with van der Waals surface area (Å²) in [7, 11) is 1.38. The molecule has 6 nitrogen and oxygen atoms in total. The minimum atomic E-state index is -0.368. The van der Waals surface area contributed by atoms with Gasteiger partial charge in [-0.1, -0.05) is 0 Å². The van der Waals surface area contributed by atoms with E-state index in [1.54, 1.807) is 4.90 Å². The number of nitrogens with one attached hydrogen (secondary N) is 1. The molecule has 0 aromatic heterocycles. The summed E-state index contributed by atoms with van der Waals surface area (Å²) in [6.45, 7) is 1.12. The Labute approximate surface area is 106 Å². The number of carbonyl (C=O) groups excluding carboxylic acids is 3. The lowest BCUT2D eigenvalue weighted by atomic mass is 9.96. The van der Waals surface area contributed by atoms with Crippen LogP contribution in [0.2, 0.25) is 0 Å². The van der Waals surface area contributed by atoms with Gasteiger partial charge in [-0.2, -0.15) is 0 Å². The van der Waals surface area contributed by atoms with Crippen molar-refractivity contribution in [1.82, 2.24) is 10.2 Å². The van der Waals surface area contributed by atoms with Crippen LogP contribution >= 0.6 is 0 Å². The summed E-state index contributed by atoms with van der Waals surface area (Å²) < 4.78 is 4.70. The third-order valence-electron chi connectivity index (χ3n) is 3.63. The zero-order chi connectivity index (χ0) is 13.1. The summed E-state index contributed by atoms with van der Waals surface area (Å²) in [5.74, 6) is -0.379. The van der Waals surface area contributed by atoms with Gasteiger partial charge in [-0.25, -0.2) is 0 Å². The van der Waals surface area contributed by atoms with Crippen molar-refractivity contribution in [3.8, 4) is 0 Å². The highest BCUT2D eigenvalue weighted by molar-refractivity contribution is 5.91. The van der Waals surface area contributed by atoms with E-state index in [1.165, 1.54) is 7.11 Å². The maximum absolute atomic E-state index is 12.1. The van der Waals surface area contributed by atoms with Crippen LogP contribution in [-0.2, 0) is 19.1 Å². The number of piperidine rings is 1. The van der Waals surface area contributed by atoms with Gasteiger partial charge in [-0.05, 0) is 19.3 Å². The Kier molecular flexibility index (Phi) is 3.84. The highest BCUT2D eigenvalue weighted by atomic mass is 16.5. The Morgan fingerprint density at radius 2 is 1.94 bits per heavy atom. The SMILES string of the molecule is COC(=O)C1CCN(C(=O)C2CCC(=O)N2)CC1. The summed E-state index contributed by atoms with van der Waals surface area (Å²) in [5.41, 5.74) is 0. The predicted molar refractivity (Wildman–Crippen MR) is 62.5 cm³/mol. The Hall–Kier alpha value is -1.59. The molecule has 0 saturated carbocycles. The van der Waals surface area contributed by atoms with Crippen LogP contribution in [0.15, 0.2) is 0 Å². The molecule has 2 fully saturated rings. The van der Waals surface area contributed by atoms with E-state index in [9.17, 15) is 14.4 Å². The number of ether oxygens (including phenoxy) is 1. The monoisotopic (exact) mass is 254 g/mol. The van der Waals surface area contributed by atoms with Gasteiger partial charge >= 0.3 is 5.97 Å². The number of nitrogens with zero attached hydrogens (tertiary/aromatic N) is 1. The molecule has 0 aliphatic carbocycles. The Balaban J connectivity index is 1.84. The molecule has 2 heterocycles. The highest BCUT2D eigenvalue weighted by Gasteiger charge is 2.34. The Morgan fingerprint density at radius 3 is 2.44 bits per heavy atom. The summed E-state index contributed by atoms with van der Waals surface area (Å²) in [6.07, 6.45) is 2.28. The molecule has 18 heavy (non-hydrogen) atoms. The molecule has 0 radical (unpaired) electrons. The number of carbonyl (C=O) groups is 3. The van der Waals surface area contributed by atoms with Crippen LogP contribution in [-0.4, -0.2) is 48.9 Å². The molecular weight excluding hydrogens is 236 g/mol. The average molecular weight is 254 g/mol. The van der Waals surface area contributed by atoms with Gasteiger partial charge in [0.05, 0.1) is 13.0 Å². The molecule has 100 valence electrons. The highest BCUT2D eigenvalue weighted by Crippen LogP contribution is 2.20. The number of hydrogen-bond donors (Lipinski definition) is 1. The van der Waals surface area contributed by atoms with Crippen LogP contribution in [0.3, 0.4) is 0 Å². The van der Waals surface area contributed by atoms with Crippen LogP contribution in [0.1, 0.15) is 25.7 Å². The van der Waals surface area contributed by atoms with Gasteiger partial charge in [0, 0.05) is 19.5 Å². The van der Waals surface area contributed by atoms with E-state index < -0.39 is 0 Å². The normalized spacial score (nSPS) is 24.8. The van der Waals surface area contributed by atoms with Gasteiger partial charge in [-0.15, -0.1) is 0 Å². The molecule has 6 heteroatoms. The molecule has 1 N–H and O–H groups in total. The van der Waals surface area contributed by atoms with Crippen molar-refractivity contribution >= 4 is 17.8 Å². The first kappa shape index (κ1) is 12.9. The van der Waals surface area contributed by atoms with Gasteiger partial charge in [0.15, 0.2) is 0 Å². The van der Waals surface area contributed by atoms with Crippen LogP contribution in [0, 0.1) is 5.92 Å². The van der Waals surface area contributed by atoms with Crippen molar-refractivity contribution in [2.24, 2.45) is 5.92 Å². The fraction of sp³-hybridized carbons (Fsp3) is 0.750. The molecule has 1 atom stereocenters. The number of likely N-dealkylation sites (tertiary alicyclic amines) is 1. The molecule has 2 amide bonds. The number of hydrogen-bond acceptors (Lipinski definition) is 4. The van der Waals surface area contributed by atoms with Crippen molar-refractivity contribution in [2.45, 2.75) is 31.7 Å². The zero-order valence-corrected chi connectivity index (χ0v) is 10.5. The summed E-state index contributed by atoms with van der Waals surface area (Å²) >= 11 is 0. The first-order valence-electron chi connectivity index (χ1n) is 6.28. The minimum Gasteiger partial charge on any atom is -0.469 e. The molecule has 1 unspecified atom stereocenters. The fourth-order valence-electron chi connectivity index (χ4n) is 2.52. The number of esters is 1. The lowest BCUT2D eigenvalue weighted by molar-refractivity contribution is -0.149. The van der Waals surface area contributed by atoms with Crippen molar-refractivity contribution < 1.29 is 19.1 Å². The lowest BCUT2D eigenvalue weighted by Gasteiger charge is -2.32. The maximum Gasteiger partial charge on any atom is 0.308 e. The van der Waals surface area contributed by atoms with E-state index >= 15 is 0 Å². The maximum atomic E-state index is 12.1. The Morgan fingerprint density at radius 1 is 1.28 bits per heavy atom. The van der Waals surface area contributed by atoms with Crippen LogP contribution in [0.4, 0.5) is 0 Å². The predicted octanol–water partition coefficient (Wildman–Crippen LogP) is -0.323. The summed E-state index contributed by atoms with van der Waals surface area (Å²) in [5, 5.41) is 2.67. The lowest BCUT2D eigenvalue weighted by Crippen LogP contribution is -2.48. The smallest absolute Gasteiger partial charge is 0.308 e. The molecule has 2 aliphatic rings. The molecule has 0 bridgehead atoms. The molecule has 2 saturated heterocycles. The summed E-state index contributed by atoms with van der Waals surface area (Å²) in [4.78, 5) is 36.3. The third kappa shape index (κ3) is 2.63. The molecular formula is C12H18N2O4. The van der Waals surface area contributed by atoms with E-state index in [-0.39, 0.29) is 29.7 Å². The number of amides is 2. The summed E-state index contributed by atoms with van der Waals surface area (Å²) in [6, 6.07) is -0.368. The second kappa shape index (κ2) is 5.37. The largest absolute Gasteiger partial charge is 0.469 e. The van der Waals surface area contributed by atoms with Gasteiger partial charge in [0.1, 0.15) is 6.04 Å². The number of rotatable bonds is 2. The molecule has 2 aliphatic heterocycles. The molecule has 2 rings (SSSR count). The van der Waals surface area contributed by atoms with Crippen LogP contribution in [0.25, 0.3) is 0 Å². The zero-order valence-electron chi connectivity index (χ0n) is 10.5. The van der Waals surface area contributed by atoms with Gasteiger partial charge in [0.2, 0.25) is 11.8 Å². The quantitative estimate of drug-likeness (QED) is 0.685. The third-order valence-corrected chi connectivity index (χ3v) is 3.63. The molecule has 0 spiro atoms. The fourth-order valence-corrected chi connectivity index (χ4v) is 2.52. The van der Waals surface area contributed by atoms with E-state index in [0.29, 0.717) is 38.8 Å². The van der Waals surface area contributed by atoms with Crippen molar-refractivity contribution in [2.75, 3.05) is 20.2 Å². The van der Waals surface area contributed by atoms with E-state index in [2.05, 4.69) is 5.32 Å². The van der Waals surface area contributed by atoms with Crippen LogP contribution in [0.5, 0.6) is 0 Å². The molecule has 0 aromatic rings. The van der Waals surface area contributed by atoms with E-state index in [0.717, 1.165) is 0 Å². The number of methoxy groups -OCH3 is 1. The molecule has 0 aromatic carbocycles. The van der Waals surface area contributed by atoms with Gasteiger partial charge in [0.25, 0.3) is 0 Å². The second-order valence-corrected chi connectivity index (χ2v) is 4.78. The topological polar surface area (TPSA) is 75.7 Å². The van der Waals surface area contributed by atoms with Crippen LogP contribution < -0.4 is 5.32 Å². The van der Waals surface area contributed by atoms with Gasteiger partial charge in [-0.3, -0.25) is 14.4 Å². The first-order valence-corrected chi connectivity index (χ1v) is 6.28. The van der Waals surface area contributed by atoms with E-state index in [1.807, 2.05) is 0 Å². The standard InChI is InChI=1S/C12H18N2O4/c1-18-12(17)8-4-6-14(7-5-8)11(16)9-2-3-10(15)13-9/h8-9H,2-7H2,1H3,(H,13,15). The second-order valence-electron chi connectivity index (χ2n) is 4.78.